The second-order valence-corrected chi connectivity index (χ2v) is 8.14. The Labute approximate surface area is 168 Å². The summed E-state index contributed by atoms with van der Waals surface area (Å²) < 4.78 is 20.3. The molecule has 0 spiro atoms. The number of fused-ring (bicyclic) bond motifs is 1. The molecular formula is C22H25FN2O2S. The Morgan fingerprint density at radius 2 is 1.71 bits per heavy atom. The third kappa shape index (κ3) is 4.70. The van der Waals surface area contributed by atoms with Crippen molar-refractivity contribution in [2.45, 2.75) is 12.6 Å². The van der Waals surface area contributed by atoms with Crippen molar-refractivity contribution in [2.75, 3.05) is 39.3 Å². The number of piperazine rings is 1. The highest BCUT2D eigenvalue weighted by Crippen LogP contribution is 2.27. The van der Waals surface area contributed by atoms with Gasteiger partial charge in [0.15, 0.2) is 11.6 Å². The quantitative estimate of drug-likeness (QED) is 0.657. The van der Waals surface area contributed by atoms with Crippen LogP contribution in [0.15, 0.2) is 53.9 Å². The highest BCUT2D eigenvalue weighted by molar-refractivity contribution is 7.17. The van der Waals surface area contributed by atoms with Gasteiger partial charge in [0, 0.05) is 44.0 Å². The van der Waals surface area contributed by atoms with Crippen LogP contribution in [0.5, 0.6) is 5.75 Å². The predicted octanol–water partition coefficient (Wildman–Crippen LogP) is 3.60. The first-order valence-electron chi connectivity index (χ1n) is 9.64. The number of aliphatic hydroxyl groups excluding tert-OH is 1. The number of hydrogen-bond acceptors (Lipinski definition) is 5. The van der Waals surface area contributed by atoms with E-state index in [0.717, 1.165) is 32.7 Å². The van der Waals surface area contributed by atoms with Crippen molar-refractivity contribution >= 4 is 21.4 Å². The Morgan fingerprint density at radius 3 is 2.54 bits per heavy atom. The van der Waals surface area contributed by atoms with Gasteiger partial charge in [-0.25, -0.2) is 4.39 Å². The fourth-order valence-electron chi connectivity index (χ4n) is 3.62. The number of rotatable bonds is 7. The molecule has 0 bridgehead atoms. The first kappa shape index (κ1) is 19.3. The van der Waals surface area contributed by atoms with Crippen molar-refractivity contribution < 1.29 is 14.2 Å². The van der Waals surface area contributed by atoms with Gasteiger partial charge in [0.05, 0.1) is 0 Å². The van der Waals surface area contributed by atoms with Gasteiger partial charge in [0.25, 0.3) is 0 Å². The molecule has 148 valence electrons. The molecule has 2 heterocycles. The summed E-state index contributed by atoms with van der Waals surface area (Å²) in [5, 5.41) is 13.9. The van der Waals surface area contributed by atoms with Crippen molar-refractivity contribution in [1.82, 2.24) is 9.80 Å². The van der Waals surface area contributed by atoms with Crippen molar-refractivity contribution in [1.29, 1.82) is 0 Å². The van der Waals surface area contributed by atoms with Crippen LogP contribution in [0.2, 0.25) is 0 Å². The summed E-state index contributed by atoms with van der Waals surface area (Å²) in [6.07, 6.45) is -0.632. The van der Waals surface area contributed by atoms with Crippen molar-refractivity contribution in [3.05, 3.63) is 65.3 Å². The van der Waals surface area contributed by atoms with Gasteiger partial charge in [-0.2, -0.15) is 0 Å². The van der Waals surface area contributed by atoms with E-state index in [-0.39, 0.29) is 12.4 Å². The normalized spacial score (nSPS) is 17.1. The van der Waals surface area contributed by atoms with Gasteiger partial charge in [-0.1, -0.05) is 30.3 Å². The third-order valence-electron chi connectivity index (χ3n) is 5.16. The number of thiophene rings is 1. The van der Waals surface area contributed by atoms with E-state index < -0.39 is 11.9 Å². The number of benzene rings is 2. The number of ether oxygens (including phenoxy) is 1. The molecule has 0 aliphatic carbocycles. The molecule has 1 aliphatic rings. The monoisotopic (exact) mass is 400 g/mol. The maximum absolute atomic E-state index is 13.6. The number of aliphatic hydroxyl groups is 1. The van der Waals surface area contributed by atoms with Crippen LogP contribution in [-0.2, 0) is 6.54 Å². The summed E-state index contributed by atoms with van der Waals surface area (Å²) >= 11 is 1.81. The minimum Gasteiger partial charge on any atom is -0.488 e. The Morgan fingerprint density at radius 1 is 1.00 bits per heavy atom. The van der Waals surface area contributed by atoms with E-state index >= 15 is 0 Å². The fraction of sp³-hybridized carbons (Fsp3) is 0.364. The summed E-state index contributed by atoms with van der Waals surface area (Å²) in [5.41, 5.74) is 1.40. The van der Waals surface area contributed by atoms with Crippen molar-refractivity contribution in [3.8, 4) is 5.75 Å². The van der Waals surface area contributed by atoms with Crippen molar-refractivity contribution in [3.63, 3.8) is 0 Å². The molecule has 1 N–H and O–H groups in total. The van der Waals surface area contributed by atoms with E-state index in [1.165, 1.54) is 21.7 Å². The molecule has 1 aliphatic heterocycles. The number of para-hydroxylation sites is 1. The van der Waals surface area contributed by atoms with Gasteiger partial charge in [0.1, 0.15) is 12.7 Å². The minimum atomic E-state index is -0.632. The van der Waals surface area contributed by atoms with Gasteiger partial charge in [-0.3, -0.25) is 9.80 Å². The molecule has 0 amide bonds. The molecule has 6 heteroatoms. The number of nitrogens with zero attached hydrogens (tertiary/aromatic N) is 2. The van der Waals surface area contributed by atoms with Crippen LogP contribution in [-0.4, -0.2) is 60.3 Å². The maximum atomic E-state index is 13.6. The van der Waals surface area contributed by atoms with Gasteiger partial charge in [-0.15, -0.1) is 11.3 Å². The summed E-state index contributed by atoms with van der Waals surface area (Å²) in [6, 6.07) is 14.8. The Bertz CT molecular complexity index is 908. The predicted molar refractivity (Wildman–Crippen MR) is 111 cm³/mol. The van der Waals surface area contributed by atoms with Crippen LogP contribution >= 0.6 is 11.3 Å². The van der Waals surface area contributed by atoms with E-state index in [4.69, 9.17) is 4.74 Å². The van der Waals surface area contributed by atoms with Crippen LogP contribution in [0, 0.1) is 5.82 Å². The molecule has 0 radical (unpaired) electrons. The lowest BCUT2D eigenvalue weighted by Gasteiger charge is -2.35. The first-order valence-corrected chi connectivity index (χ1v) is 10.5. The van der Waals surface area contributed by atoms with E-state index in [1.54, 1.807) is 29.5 Å². The second-order valence-electron chi connectivity index (χ2n) is 7.23. The lowest BCUT2D eigenvalue weighted by Crippen LogP contribution is -2.48. The molecular weight excluding hydrogens is 375 g/mol. The van der Waals surface area contributed by atoms with Gasteiger partial charge >= 0.3 is 0 Å². The SMILES string of the molecule is O[C@H](COc1ccccc1F)CN1CCN(Cc2csc3ccccc23)CC1. The summed E-state index contributed by atoms with van der Waals surface area (Å²) in [5.74, 6) is -0.210. The molecule has 1 atom stereocenters. The molecule has 2 aromatic carbocycles. The summed E-state index contributed by atoms with van der Waals surface area (Å²) in [4.78, 5) is 4.71. The average molecular weight is 401 g/mol. The van der Waals surface area contributed by atoms with Gasteiger partial charge in [-0.05, 0) is 34.5 Å². The number of halogens is 1. The molecule has 3 aromatic rings. The lowest BCUT2D eigenvalue weighted by atomic mass is 10.1. The molecule has 28 heavy (non-hydrogen) atoms. The van der Waals surface area contributed by atoms with E-state index in [2.05, 4.69) is 39.4 Å². The minimum absolute atomic E-state index is 0.0992. The molecule has 4 rings (SSSR count). The van der Waals surface area contributed by atoms with Crippen LogP contribution in [0.1, 0.15) is 5.56 Å². The lowest BCUT2D eigenvalue weighted by molar-refractivity contribution is 0.0438. The molecule has 1 aromatic heterocycles. The van der Waals surface area contributed by atoms with Crippen LogP contribution in [0.3, 0.4) is 0 Å². The third-order valence-corrected chi connectivity index (χ3v) is 6.17. The Hall–Kier alpha value is -1.99. The van der Waals surface area contributed by atoms with E-state index in [1.807, 2.05) is 0 Å². The summed E-state index contributed by atoms with van der Waals surface area (Å²) in [6.45, 7) is 5.40. The maximum Gasteiger partial charge on any atom is 0.165 e. The molecule has 4 nitrogen and oxygen atoms in total. The Kier molecular flexibility index (Phi) is 6.22. The van der Waals surface area contributed by atoms with Gasteiger partial charge in [0.2, 0.25) is 0 Å². The highest BCUT2D eigenvalue weighted by atomic mass is 32.1. The largest absolute Gasteiger partial charge is 0.488 e. The molecule has 1 fully saturated rings. The zero-order chi connectivity index (χ0) is 19.3. The van der Waals surface area contributed by atoms with Crippen molar-refractivity contribution in [2.24, 2.45) is 0 Å². The van der Waals surface area contributed by atoms with Crippen LogP contribution in [0.25, 0.3) is 10.1 Å². The smallest absolute Gasteiger partial charge is 0.165 e. The zero-order valence-corrected chi connectivity index (χ0v) is 16.6. The Balaban J connectivity index is 1.22. The second kappa shape index (κ2) is 9.01. The number of β-amino-alcohol motifs (C(OH)–C–C–N with tert-alkyl or cyclic N) is 1. The van der Waals surface area contributed by atoms with Gasteiger partial charge < -0.3 is 9.84 Å². The van der Waals surface area contributed by atoms with Crippen LogP contribution < -0.4 is 4.74 Å². The number of hydrogen-bond donors (Lipinski definition) is 1. The summed E-state index contributed by atoms with van der Waals surface area (Å²) in [7, 11) is 0. The van der Waals surface area contributed by atoms with E-state index in [9.17, 15) is 9.50 Å². The average Bonchev–Trinajstić information content (AvgIpc) is 3.12. The first-order chi connectivity index (χ1) is 13.7. The topological polar surface area (TPSA) is 35.9 Å². The molecule has 1 saturated heterocycles. The molecule has 0 unspecified atom stereocenters. The fourth-order valence-corrected chi connectivity index (χ4v) is 4.58. The highest BCUT2D eigenvalue weighted by Gasteiger charge is 2.20. The molecule has 0 saturated carbocycles. The zero-order valence-electron chi connectivity index (χ0n) is 15.8. The van der Waals surface area contributed by atoms with Crippen LogP contribution in [0.4, 0.5) is 4.39 Å². The standard InChI is InChI=1S/C22H25FN2O2S/c23-20-6-2-3-7-21(20)27-15-18(26)14-25-11-9-24(10-12-25)13-17-16-28-22-8-4-1-5-19(17)22/h1-8,16,18,26H,9-15H2/t18-/m0/s1. The van der Waals surface area contributed by atoms with E-state index in [0.29, 0.717) is 6.54 Å².